The van der Waals surface area contributed by atoms with Gasteiger partial charge in [-0.25, -0.2) is 0 Å². The maximum atomic E-state index is 5.75. The Labute approximate surface area is 105 Å². The SMILES string of the molecule is CCCCCCCOc1cccc(CNC)c1. The number of hydrogen-bond acceptors (Lipinski definition) is 2. The Balaban J connectivity index is 2.19. The first-order valence-corrected chi connectivity index (χ1v) is 6.73. The predicted molar refractivity (Wildman–Crippen MR) is 73.5 cm³/mol. The van der Waals surface area contributed by atoms with Gasteiger partial charge in [-0.15, -0.1) is 0 Å². The van der Waals surface area contributed by atoms with Gasteiger partial charge in [0, 0.05) is 6.54 Å². The molecule has 0 bridgehead atoms. The van der Waals surface area contributed by atoms with E-state index in [4.69, 9.17) is 4.74 Å². The van der Waals surface area contributed by atoms with Crippen molar-refractivity contribution >= 4 is 0 Å². The summed E-state index contributed by atoms with van der Waals surface area (Å²) in [5.74, 6) is 0.994. The first-order chi connectivity index (χ1) is 8.36. The summed E-state index contributed by atoms with van der Waals surface area (Å²) < 4.78 is 5.75. The molecule has 0 aliphatic heterocycles. The fourth-order valence-electron chi connectivity index (χ4n) is 1.84. The van der Waals surface area contributed by atoms with E-state index >= 15 is 0 Å². The molecule has 96 valence electrons. The third kappa shape index (κ3) is 6.32. The van der Waals surface area contributed by atoms with Crippen molar-refractivity contribution in [1.29, 1.82) is 0 Å². The van der Waals surface area contributed by atoms with Crippen LogP contribution in [0.5, 0.6) is 5.75 Å². The summed E-state index contributed by atoms with van der Waals surface area (Å²) in [7, 11) is 1.96. The van der Waals surface area contributed by atoms with Crippen LogP contribution < -0.4 is 10.1 Å². The Bertz CT molecular complexity index is 299. The Hall–Kier alpha value is -1.02. The molecule has 17 heavy (non-hydrogen) atoms. The van der Waals surface area contributed by atoms with E-state index < -0.39 is 0 Å². The maximum Gasteiger partial charge on any atom is 0.119 e. The summed E-state index contributed by atoms with van der Waals surface area (Å²) in [5.41, 5.74) is 1.27. The van der Waals surface area contributed by atoms with Gasteiger partial charge < -0.3 is 10.1 Å². The lowest BCUT2D eigenvalue weighted by Crippen LogP contribution is -2.05. The van der Waals surface area contributed by atoms with Crippen LogP contribution in [-0.4, -0.2) is 13.7 Å². The van der Waals surface area contributed by atoms with Gasteiger partial charge in [0.15, 0.2) is 0 Å². The van der Waals surface area contributed by atoms with Gasteiger partial charge in [-0.3, -0.25) is 0 Å². The highest BCUT2D eigenvalue weighted by atomic mass is 16.5. The van der Waals surface area contributed by atoms with Gasteiger partial charge in [0.25, 0.3) is 0 Å². The van der Waals surface area contributed by atoms with Gasteiger partial charge in [0.05, 0.1) is 6.61 Å². The molecule has 0 amide bonds. The molecule has 0 atom stereocenters. The second-order valence-corrected chi connectivity index (χ2v) is 4.44. The Morgan fingerprint density at radius 3 is 2.71 bits per heavy atom. The van der Waals surface area contributed by atoms with Gasteiger partial charge in [-0.2, -0.15) is 0 Å². The van der Waals surface area contributed by atoms with Crippen molar-refractivity contribution in [2.24, 2.45) is 0 Å². The topological polar surface area (TPSA) is 21.3 Å². The largest absolute Gasteiger partial charge is 0.494 e. The molecular formula is C15H25NO. The summed E-state index contributed by atoms with van der Waals surface area (Å²) >= 11 is 0. The highest BCUT2D eigenvalue weighted by Crippen LogP contribution is 2.14. The molecule has 2 nitrogen and oxygen atoms in total. The Kier molecular flexibility index (Phi) is 7.48. The Morgan fingerprint density at radius 1 is 1.12 bits per heavy atom. The van der Waals surface area contributed by atoms with Crippen LogP contribution in [0.3, 0.4) is 0 Å². The smallest absolute Gasteiger partial charge is 0.119 e. The van der Waals surface area contributed by atoms with Crippen LogP contribution in [-0.2, 0) is 6.54 Å². The molecule has 1 aromatic rings. The summed E-state index contributed by atoms with van der Waals surface area (Å²) in [6, 6.07) is 8.32. The van der Waals surface area contributed by atoms with Gasteiger partial charge in [-0.1, -0.05) is 44.7 Å². The summed E-state index contributed by atoms with van der Waals surface area (Å²) in [5, 5.41) is 3.15. The zero-order valence-electron chi connectivity index (χ0n) is 11.2. The van der Waals surface area contributed by atoms with Crippen LogP contribution in [0.4, 0.5) is 0 Å². The van der Waals surface area contributed by atoms with Crippen LogP contribution in [0.1, 0.15) is 44.6 Å². The summed E-state index contributed by atoms with van der Waals surface area (Å²) in [6.45, 7) is 3.98. The molecule has 0 aliphatic carbocycles. The third-order valence-electron chi connectivity index (χ3n) is 2.80. The lowest BCUT2D eigenvalue weighted by molar-refractivity contribution is 0.304. The van der Waals surface area contributed by atoms with Crippen LogP contribution in [0.15, 0.2) is 24.3 Å². The van der Waals surface area contributed by atoms with E-state index in [0.29, 0.717) is 0 Å². The number of ether oxygens (including phenoxy) is 1. The van der Waals surface area contributed by atoms with Crippen LogP contribution in [0.25, 0.3) is 0 Å². The van der Waals surface area contributed by atoms with Crippen molar-refractivity contribution < 1.29 is 4.74 Å². The molecule has 0 fully saturated rings. The van der Waals surface area contributed by atoms with Crippen molar-refractivity contribution in [3.63, 3.8) is 0 Å². The van der Waals surface area contributed by atoms with Crippen molar-refractivity contribution in [2.75, 3.05) is 13.7 Å². The molecule has 0 radical (unpaired) electrons. The Morgan fingerprint density at radius 2 is 1.94 bits per heavy atom. The quantitative estimate of drug-likeness (QED) is 0.658. The van der Waals surface area contributed by atoms with Crippen molar-refractivity contribution in [1.82, 2.24) is 5.32 Å². The normalized spacial score (nSPS) is 10.5. The van der Waals surface area contributed by atoms with Crippen molar-refractivity contribution in [2.45, 2.75) is 45.6 Å². The van der Waals surface area contributed by atoms with Gasteiger partial charge >= 0.3 is 0 Å². The molecule has 0 saturated carbocycles. The number of hydrogen-bond donors (Lipinski definition) is 1. The third-order valence-corrected chi connectivity index (χ3v) is 2.80. The minimum absolute atomic E-state index is 0.840. The van der Waals surface area contributed by atoms with E-state index in [2.05, 4.69) is 30.4 Å². The fourth-order valence-corrected chi connectivity index (χ4v) is 1.84. The fraction of sp³-hybridized carbons (Fsp3) is 0.600. The molecule has 1 aromatic carbocycles. The standard InChI is InChI=1S/C15H25NO/c1-3-4-5-6-7-11-17-15-10-8-9-14(12-15)13-16-2/h8-10,12,16H,3-7,11,13H2,1-2H3. The second-order valence-electron chi connectivity index (χ2n) is 4.44. The van der Waals surface area contributed by atoms with E-state index in [1.807, 2.05) is 13.1 Å². The van der Waals surface area contributed by atoms with Gasteiger partial charge in [0.2, 0.25) is 0 Å². The predicted octanol–water partition coefficient (Wildman–Crippen LogP) is 3.76. The van der Waals surface area contributed by atoms with E-state index in [9.17, 15) is 0 Å². The van der Waals surface area contributed by atoms with E-state index in [0.717, 1.165) is 25.3 Å². The molecule has 1 N–H and O–H groups in total. The first kappa shape index (κ1) is 14.0. The number of nitrogens with one attached hydrogen (secondary N) is 1. The molecule has 0 spiro atoms. The highest BCUT2D eigenvalue weighted by Gasteiger charge is 1.96. The summed E-state index contributed by atoms with van der Waals surface area (Å²) in [6.07, 6.45) is 6.42. The molecule has 0 heterocycles. The minimum atomic E-state index is 0.840. The van der Waals surface area contributed by atoms with Crippen LogP contribution in [0.2, 0.25) is 0 Å². The number of unbranched alkanes of at least 4 members (excludes halogenated alkanes) is 4. The summed E-state index contributed by atoms with van der Waals surface area (Å²) in [4.78, 5) is 0. The zero-order chi connectivity index (χ0) is 12.3. The lowest BCUT2D eigenvalue weighted by atomic mass is 10.2. The molecular weight excluding hydrogens is 210 g/mol. The first-order valence-electron chi connectivity index (χ1n) is 6.73. The van der Waals surface area contributed by atoms with Gasteiger partial charge in [0.1, 0.15) is 5.75 Å². The molecule has 1 rings (SSSR count). The highest BCUT2D eigenvalue weighted by molar-refractivity contribution is 5.28. The van der Waals surface area contributed by atoms with Crippen molar-refractivity contribution in [3.8, 4) is 5.75 Å². The lowest BCUT2D eigenvalue weighted by Gasteiger charge is -2.07. The average molecular weight is 235 g/mol. The van der Waals surface area contributed by atoms with E-state index in [-0.39, 0.29) is 0 Å². The van der Waals surface area contributed by atoms with Crippen LogP contribution >= 0.6 is 0 Å². The average Bonchev–Trinajstić information content (AvgIpc) is 2.35. The van der Waals surface area contributed by atoms with Gasteiger partial charge in [-0.05, 0) is 31.2 Å². The molecule has 0 aromatic heterocycles. The van der Waals surface area contributed by atoms with Crippen molar-refractivity contribution in [3.05, 3.63) is 29.8 Å². The molecule has 0 unspecified atom stereocenters. The maximum absolute atomic E-state index is 5.75. The second kappa shape index (κ2) is 9.06. The monoisotopic (exact) mass is 235 g/mol. The van der Waals surface area contributed by atoms with E-state index in [1.165, 1.54) is 31.2 Å². The number of rotatable bonds is 9. The molecule has 2 heteroatoms. The molecule has 0 saturated heterocycles. The van der Waals surface area contributed by atoms with Crippen LogP contribution in [0, 0.1) is 0 Å². The van der Waals surface area contributed by atoms with E-state index in [1.54, 1.807) is 0 Å². The zero-order valence-corrected chi connectivity index (χ0v) is 11.2. The molecule has 0 aliphatic rings. The number of benzene rings is 1. The minimum Gasteiger partial charge on any atom is -0.494 e.